The number of likely N-dealkylation sites (N-methyl/N-ethyl adjacent to an activating group) is 1. The Hall–Kier alpha value is -2.07. The first-order chi connectivity index (χ1) is 15.8. The summed E-state index contributed by atoms with van der Waals surface area (Å²) in [7, 11) is -1.54. The minimum atomic E-state index is -3.68. The molecule has 33 heavy (non-hydrogen) atoms. The van der Waals surface area contributed by atoms with Gasteiger partial charge in [-0.25, -0.2) is 8.42 Å². The quantitative estimate of drug-likeness (QED) is 0.408. The standard InChI is InChI=1S/C24H34N4O3S2/c1-4-28(33(30,31)23-12-10-22(32-3)11-13-23)21-8-6-20(7-9-21)24(29)25-14-5-15-27-18-16-26(2)17-19-27/h6-13H,4-5,14-19H2,1-3H3,(H,25,29). The van der Waals surface area contributed by atoms with Crippen molar-refractivity contribution in [2.45, 2.75) is 23.1 Å². The number of nitrogens with one attached hydrogen (secondary N) is 1. The Morgan fingerprint density at radius 3 is 2.24 bits per heavy atom. The predicted molar refractivity (Wildman–Crippen MR) is 136 cm³/mol. The van der Waals surface area contributed by atoms with Crippen molar-refractivity contribution in [1.82, 2.24) is 15.1 Å². The van der Waals surface area contributed by atoms with Gasteiger partial charge in [0, 0.05) is 49.7 Å². The highest BCUT2D eigenvalue weighted by Crippen LogP contribution is 2.25. The minimum Gasteiger partial charge on any atom is -0.352 e. The lowest BCUT2D eigenvalue weighted by Crippen LogP contribution is -2.45. The summed E-state index contributed by atoms with van der Waals surface area (Å²) >= 11 is 1.57. The SMILES string of the molecule is CCN(c1ccc(C(=O)NCCCN2CCN(C)CC2)cc1)S(=O)(=O)c1ccc(SC)cc1. The molecule has 1 aliphatic rings. The van der Waals surface area contributed by atoms with Crippen LogP contribution in [0.2, 0.25) is 0 Å². The van der Waals surface area contributed by atoms with Crippen LogP contribution in [0.25, 0.3) is 0 Å². The topological polar surface area (TPSA) is 73.0 Å². The van der Waals surface area contributed by atoms with Crippen LogP contribution >= 0.6 is 11.8 Å². The van der Waals surface area contributed by atoms with Crippen molar-refractivity contribution in [2.24, 2.45) is 0 Å². The van der Waals surface area contributed by atoms with Crippen LogP contribution in [-0.2, 0) is 10.0 Å². The van der Waals surface area contributed by atoms with Gasteiger partial charge in [0.05, 0.1) is 10.6 Å². The maximum Gasteiger partial charge on any atom is 0.264 e. The second-order valence-electron chi connectivity index (χ2n) is 8.15. The molecule has 1 aliphatic heterocycles. The molecule has 0 unspecified atom stereocenters. The van der Waals surface area contributed by atoms with Crippen molar-refractivity contribution in [3.63, 3.8) is 0 Å². The summed E-state index contributed by atoms with van der Waals surface area (Å²) in [5.74, 6) is -0.140. The van der Waals surface area contributed by atoms with E-state index in [0.717, 1.165) is 44.0 Å². The first kappa shape index (κ1) is 25.6. The van der Waals surface area contributed by atoms with Gasteiger partial charge in [0.1, 0.15) is 0 Å². The van der Waals surface area contributed by atoms with E-state index in [2.05, 4.69) is 22.2 Å². The zero-order valence-electron chi connectivity index (χ0n) is 19.7. The monoisotopic (exact) mass is 490 g/mol. The van der Waals surface area contributed by atoms with Crippen LogP contribution in [0.5, 0.6) is 0 Å². The molecule has 1 heterocycles. The number of rotatable bonds is 10. The Morgan fingerprint density at radius 2 is 1.67 bits per heavy atom. The van der Waals surface area contributed by atoms with Gasteiger partial charge in [0.25, 0.3) is 15.9 Å². The number of benzene rings is 2. The molecule has 1 amide bonds. The average Bonchev–Trinajstić information content (AvgIpc) is 2.83. The molecule has 2 aromatic rings. The zero-order chi connectivity index (χ0) is 23.8. The number of hydrogen-bond acceptors (Lipinski definition) is 6. The van der Waals surface area contributed by atoms with Gasteiger partial charge in [-0.1, -0.05) is 0 Å². The molecule has 1 N–H and O–H groups in total. The fraction of sp³-hybridized carbons (Fsp3) is 0.458. The highest BCUT2D eigenvalue weighted by molar-refractivity contribution is 7.98. The molecule has 0 radical (unpaired) electrons. The molecule has 0 spiro atoms. The molecule has 0 saturated carbocycles. The van der Waals surface area contributed by atoms with Gasteiger partial charge in [-0.15, -0.1) is 11.8 Å². The number of nitrogens with zero attached hydrogens (tertiary/aromatic N) is 3. The molecule has 180 valence electrons. The molecule has 0 aliphatic carbocycles. The fourth-order valence-electron chi connectivity index (χ4n) is 3.82. The predicted octanol–water partition coefficient (Wildman–Crippen LogP) is 2.99. The third-order valence-corrected chi connectivity index (χ3v) is 8.55. The molecule has 9 heteroatoms. The van der Waals surface area contributed by atoms with E-state index >= 15 is 0 Å². The number of carbonyl (C=O) groups is 1. The molecule has 1 saturated heterocycles. The van der Waals surface area contributed by atoms with Crippen LogP contribution in [0.3, 0.4) is 0 Å². The number of piperazine rings is 1. The van der Waals surface area contributed by atoms with Gasteiger partial charge in [0.15, 0.2) is 0 Å². The molecular weight excluding hydrogens is 456 g/mol. The summed E-state index contributed by atoms with van der Waals surface area (Å²) in [6.45, 7) is 8.02. The summed E-state index contributed by atoms with van der Waals surface area (Å²) in [5.41, 5.74) is 1.06. The van der Waals surface area contributed by atoms with Crippen molar-refractivity contribution in [1.29, 1.82) is 0 Å². The molecule has 3 rings (SSSR count). The largest absolute Gasteiger partial charge is 0.352 e. The number of hydrogen-bond donors (Lipinski definition) is 1. The van der Waals surface area contributed by atoms with Crippen LogP contribution in [0.15, 0.2) is 58.3 Å². The van der Waals surface area contributed by atoms with Gasteiger partial charge < -0.3 is 15.1 Å². The van der Waals surface area contributed by atoms with Gasteiger partial charge in [-0.3, -0.25) is 9.10 Å². The molecule has 1 fully saturated rings. The van der Waals surface area contributed by atoms with Gasteiger partial charge >= 0.3 is 0 Å². The number of amides is 1. The Kier molecular flexibility index (Phi) is 9.19. The van der Waals surface area contributed by atoms with Crippen molar-refractivity contribution >= 4 is 33.4 Å². The maximum absolute atomic E-state index is 13.1. The highest BCUT2D eigenvalue weighted by atomic mass is 32.2. The lowest BCUT2D eigenvalue weighted by molar-refractivity contribution is 0.0949. The number of sulfonamides is 1. The Balaban J connectivity index is 1.56. The van der Waals surface area contributed by atoms with Crippen LogP contribution in [0.4, 0.5) is 5.69 Å². The fourth-order valence-corrected chi connectivity index (χ4v) is 5.71. The lowest BCUT2D eigenvalue weighted by Gasteiger charge is -2.32. The lowest BCUT2D eigenvalue weighted by atomic mass is 10.2. The number of thioether (sulfide) groups is 1. The number of carbonyl (C=O) groups excluding carboxylic acids is 1. The highest BCUT2D eigenvalue weighted by Gasteiger charge is 2.23. The smallest absolute Gasteiger partial charge is 0.264 e. The molecule has 0 atom stereocenters. The first-order valence-electron chi connectivity index (χ1n) is 11.3. The first-order valence-corrected chi connectivity index (χ1v) is 14.0. The van der Waals surface area contributed by atoms with Crippen molar-refractivity contribution < 1.29 is 13.2 Å². The molecule has 2 aromatic carbocycles. The van der Waals surface area contributed by atoms with Crippen LogP contribution in [0.1, 0.15) is 23.7 Å². The normalized spacial score (nSPS) is 15.4. The number of anilines is 1. The molecular formula is C24H34N4O3S2. The average molecular weight is 491 g/mol. The molecule has 0 aromatic heterocycles. The Labute approximate surface area is 202 Å². The van der Waals surface area contributed by atoms with E-state index in [1.165, 1.54) is 4.31 Å². The van der Waals surface area contributed by atoms with Crippen molar-refractivity contribution in [2.75, 3.05) is 63.4 Å². The van der Waals surface area contributed by atoms with Gasteiger partial charge in [-0.2, -0.15) is 0 Å². The van der Waals surface area contributed by atoms with Gasteiger partial charge in [0.2, 0.25) is 0 Å². The van der Waals surface area contributed by atoms with E-state index in [0.29, 0.717) is 24.3 Å². The van der Waals surface area contributed by atoms with Crippen molar-refractivity contribution in [3.05, 3.63) is 54.1 Å². The minimum absolute atomic E-state index is 0.140. The third-order valence-electron chi connectivity index (χ3n) is 5.88. The van der Waals surface area contributed by atoms with E-state index in [-0.39, 0.29) is 10.8 Å². The Bertz CT molecular complexity index is 1000. The van der Waals surface area contributed by atoms with E-state index in [1.54, 1.807) is 55.1 Å². The van der Waals surface area contributed by atoms with Gasteiger partial charge in [-0.05, 0) is 81.7 Å². The van der Waals surface area contributed by atoms with E-state index in [9.17, 15) is 13.2 Å². The van der Waals surface area contributed by atoms with E-state index < -0.39 is 10.0 Å². The zero-order valence-corrected chi connectivity index (χ0v) is 21.3. The maximum atomic E-state index is 13.1. The summed E-state index contributed by atoms with van der Waals surface area (Å²) < 4.78 is 27.6. The molecule has 0 bridgehead atoms. The summed E-state index contributed by atoms with van der Waals surface area (Å²) in [6, 6.07) is 13.6. The van der Waals surface area contributed by atoms with E-state index in [1.807, 2.05) is 18.4 Å². The second-order valence-corrected chi connectivity index (χ2v) is 10.9. The Morgan fingerprint density at radius 1 is 1.03 bits per heavy atom. The third kappa shape index (κ3) is 6.72. The van der Waals surface area contributed by atoms with Crippen LogP contribution in [0, 0.1) is 0 Å². The van der Waals surface area contributed by atoms with Crippen LogP contribution < -0.4 is 9.62 Å². The summed E-state index contributed by atoms with van der Waals surface area (Å²) in [5, 5.41) is 2.97. The van der Waals surface area contributed by atoms with Crippen LogP contribution in [-0.4, -0.2) is 83.2 Å². The van der Waals surface area contributed by atoms with E-state index in [4.69, 9.17) is 0 Å². The molecule has 7 nitrogen and oxygen atoms in total. The summed E-state index contributed by atoms with van der Waals surface area (Å²) in [4.78, 5) is 18.5. The van der Waals surface area contributed by atoms with Crippen molar-refractivity contribution in [3.8, 4) is 0 Å². The second kappa shape index (κ2) is 11.9. The summed E-state index contributed by atoms with van der Waals surface area (Å²) in [6.07, 6.45) is 2.86.